The highest BCUT2D eigenvalue weighted by Gasteiger charge is 2.37. The molecule has 3 heteroatoms. The van der Waals surface area contributed by atoms with Gasteiger partial charge in [-0.3, -0.25) is 4.90 Å². The second kappa shape index (κ2) is 5.14. The smallest absolute Gasteiger partial charge is 0.0356 e. The second-order valence-electron chi connectivity index (χ2n) is 5.89. The van der Waals surface area contributed by atoms with E-state index in [1.54, 1.807) is 11.1 Å². The van der Waals surface area contributed by atoms with Crippen LogP contribution in [0.3, 0.4) is 0 Å². The maximum absolute atomic E-state index is 2.62. The van der Waals surface area contributed by atoms with E-state index >= 15 is 0 Å². The standard InChI is InChI=1S/C17H19NS2/c1-18-13-6-7-14(18)11-12(10-13)17(15-4-2-8-19-15)16-5-3-9-20-16/h2-5,8-9,13-14H,6-7,10-11H2,1H3/t13-,14+. The van der Waals surface area contributed by atoms with Crippen molar-refractivity contribution < 1.29 is 0 Å². The Labute approximate surface area is 128 Å². The van der Waals surface area contributed by atoms with Crippen molar-refractivity contribution in [2.24, 2.45) is 0 Å². The molecule has 2 aliphatic heterocycles. The predicted octanol–water partition coefficient (Wildman–Crippen LogP) is 4.87. The summed E-state index contributed by atoms with van der Waals surface area (Å²) in [5, 5.41) is 4.40. The molecule has 2 saturated heterocycles. The van der Waals surface area contributed by atoms with Gasteiger partial charge in [-0.25, -0.2) is 0 Å². The van der Waals surface area contributed by atoms with Gasteiger partial charge < -0.3 is 0 Å². The first-order valence-corrected chi connectivity index (χ1v) is 9.10. The van der Waals surface area contributed by atoms with Gasteiger partial charge in [-0.15, -0.1) is 22.7 Å². The van der Waals surface area contributed by atoms with Crippen LogP contribution in [-0.2, 0) is 0 Å². The molecule has 2 aromatic heterocycles. The maximum Gasteiger partial charge on any atom is 0.0356 e. The summed E-state index contributed by atoms with van der Waals surface area (Å²) in [6.07, 6.45) is 5.29. The first-order chi connectivity index (χ1) is 9.83. The third kappa shape index (κ3) is 2.09. The van der Waals surface area contributed by atoms with E-state index in [9.17, 15) is 0 Å². The summed E-state index contributed by atoms with van der Waals surface area (Å²) in [7, 11) is 2.31. The summed E-state index contributed by atoms with van der Waals surface area (Å²) >= 11 is 3.76. The van der Waals surface area contributed by atoms with Crippen LogP contribution in [0.2, 0.25) is 0 Å². The van der Waals surface area contributed by atoms with Crippen LogP contribution < -0.4 is 0 Å². The van der Waals surface area contributed by atoms with Crippen molar-refractivity contribution in [2.45, 2.75) is 37.8 Å². The summed E-state index contributed by atoms with van der Waals surface area (Å²) in [5.41, 5.74) is 3.24. The maximum atomic E-state index is 2.62. The monoisotopic (exact) mass is 301 g/mol. The molecule has 4 heterocycles. The van der Waals surface area contributed by atoms with Crippen molar-refractivity contribution in [1.29, 1.82) is 0 Å². The third-order valence-corrected chi connectivity index (χ3v) is 6.61. The molecule has 2 atom stereocenters. The first kappa shape index (κ1) is 12.8. The van der Waals surface area contributed by atoms with Crippen molar-refractivity contribution in [3.05, 3.63) is 50.4 Å². The number of thiophene rings is 2. The van der Waals surface area contributed by atoms with E-state index in [0.29, 0.717) is 0 Å². The molecule has 0 aromatic carbocycles. The van der Waals surface area contributed by atoms with Gasteiger partial charge in [0.25, 0.3) is 0 Å². The van der Waals surface area contributed by atoms with Crippen LogP contribution in [0.5, 0.6) is 0 Å². The molecule has 0 saturated carbocycles. The molecule has 2 bridgehead atoms. The minimum absolute atomic E-state index is 0.777. The van der Waals surface area contributed by atoms with E-state index in [1.165, 1.54) is 35.4 Å². The van der Waals surface area contributed by atoms with Gasteiger partial charge >= 0.3 is 0 Å². The van der Waals surface area contributed by atoms with Gasteiger partial charge in [0.05, 0.1) is 0 Å². The normalized spacial score (nSPS) is 26.1. The number of fused-ring (bicyclic) bond motifs is 2. The lowest BCUT2D eigenvalue weighted by molar-refractivity contribution is 0.210. The molecule has 4 rings (SSSR count). The van der Waals surface area contributed by atoms with E-state index in [1.807, 2.05) is 22.7 Å². The van der Waals surface area contributed by atoms with E-state index in [-0.39, 0.29) is 0 Å². The fourth-order valence-electron chi connectivity index (χ4n) is 3.75. The predicted molar refractivity (Wildman–Crippen MR) is 88.5 cm³/mol. The van der Waals surface area contributed by atoms with E-state index in [4.69, 9.17) is 0 Å². The molecule has 2 aliphatic rings. The zero-order chi connectivity index (χ0) is 13.5. The van der Waals surface area contributed by atoms with Gasteiger partial charge in [0.2, 0.25) is 0 Å². The van der Waals surface area contributed by atoms with Crippen molar-refractivity contribution >= 4 is 28.2 Å². The molecule has 0 unspecified atom stereocenters. The minimum Gasteiger partial charge on any atom is -0.300 e. The Kier molecular flexibility index (Phi) is 3.29. The van der Waals surface area contributed by atoms with Crippen LogP contribution in [0.15, 0.2) is 40.6 Å². The van der Waals surface area contributed by atoms with Crippen LogP contribution in [0.25, 0.3) is 5.57 Å². The molecule has 0 aliphatic carbocycles. The summed E-state index contributed by atoms with van der Waals surface area (Å²) in [6, 6.07) is 10.5. The van der Waals surface area contributed by atoms with Gasteiger partial charge in [0.15, 0.2) is 0 Å². The molecule has 20 heavy (non-hydrogen) atoms. The lowest BCUT2D eigenvalue weighted by atomic mass is 9.91. The highest BCUT2D eigenvalue weighted by Crippen LogP contribution is 2.43. The highest BCUT2D eigenvalue weighted by molar-refractivity contribution is 7.13. The van der Waals surface area contributed by atoms with Crippen LogP contribution >= 0.6 is 22.7 Å². The zero-order valence-corrected chi connectivity index (χ0v) is 13.3. The first-order valence-electron chi connectivity index (χ1n) is 7.34. The molecule has 0 spiro atoms. The Morgan fingerprint density at radius 2 is 1.55 bits per heavy atom. The van der Waals surface area contributed by atoms with Gasteiger partial charge in [0.1, 0.15) is 0 Å². The average Bonchev–Trinajstić information content (AvgIpc) is 3.16. The third-order valence-electron chi connectivity index (χ3n) is 4.84. The number of piperidine rings is 1. The van der Waals surface area contributed by atoms with Crippen LogP contribution in [-0.4, -0.2) is 24.0 Å². The van der Waals surface area contributed by atoms with E-state index in [2.05, 4.69) is 47.0 Å². The van der Waals surface area contributed by atoms with Gasteiger partial charge in [-0.2, -0.15) is 0 Å². The van der Waals surface area contributed by atoms with Crippen molar-refractivity contribution in [2.75, 3.05) is 7.05 Å². The largest absolute Gasteiger partial charge is 0.300 e. The van der Waals surface area contributed by atoms with Gasteiger partial charge in [-0.05, 0) is 55.6 Å². The Bertz CT molecular complexity index is 557. The average molecular weight is 301 g/mol. The molecular formula is C17H19NS2. The molecule has 1 nitrogen and oxygen atoms in total. The van der Waals surface area contributed by atoms with Gasteiger partial charge in [-0.1, -0.05) is 17.7 Å². The summed E-state index contributed by atoms with van der Waals surface area (Å²) in [6.45, 7) is 0. The molecule has 0 N–H and O–H groups in total. The SMILES string of the molecule is CN1[C@@H]2CC[C@H]1CC(=C(c1cccs1)c1cccs1)C2. The molecule has 0 amide bonds. The fraction of sp³-hybridized carbons (Fsp3) is 0.412. The van der Waals surface area contributed by atoms with Gasteiger partial charge in [0, 0.05) is 27.4 Å². The quantitative estimate of drug-likeness (QED) is 0.765. The molecular weight excluding hydrogens is 282 g/mol. The Morgan fingerprint density at radius 3 is 2.00 bits per heavy atom. The van der Waals surface area contributed by atoms with Crippen molar-refractivity contribution in [3.8, 4) is 0 Å². The minimum atomic E-state index is 0.777. The van der Waals surface area contributed by atoms with Crippen molar-refractivity contribution in [1.82, 2.24) is 4.90 Å². The molecule has 0 radical (unpaired) electrons. The Hall–Kier alpha value is -0.900. The number of hydrogen-bond donors (Lipinski definition) is 0. The Morgan fingerprint density at radius 1 is 1.00 bits per heavy atom. The molecule has 2 fully saturated rings. The van der Waals surface area contributed by atoms with Crippen LogP contribution in [0, 0.1) is 0 Å². The summed E-state index contributed by atoms with van der Waals surface area (Å²) < 4.78 is 0. The van der Waals surface area contributed by atoms with Crippen LogP contribution in [0.1, 0.15) is 35.4 Å². The lowest BCUT2D eigenvalue weighted by Crippen LogP contribution is -2.37. The highest BCUT2D eigenvalue weighted by atomic mass is 32.1. The molecule has 2 aromatic rings. The lowest BCUT2D eigenvalue weighted by Gasteiger charge is -2.34. The summed E-state index contributed by atoms with van der Waals surface area (Å²) in [5.74, 6) is 0. The zero-order valence-electron chi connectivity index (χ0n) is 11.7. The second-order valence-corrected chi connectivity index (χ2v) is 7.79. The topological polar surface area (TPSA) is 3.24 Å². The van der Waals surface area contributed by atoms with E-state index in [0.717, 1.165) is 12.1 Å². The fourth-order valence-corrected chi connectivity index (χ4v) is 5.48. The number of hydrogen-bond acceptors (Lipinski definition) is 3. The summed E-state index contributed by atoms with van der Waals surface area (Å²) in [4.78, 5) is 5.52. The number of rotatable bonds is 2. The Balaban J connectivity index is 1.81. The van der Waals surface area contributed by atoms with E-state index < -0.39 is 0 Å². The number of nitrogens with zero attached hydrogens (tertiary/aromatic N) is 1. The molecule has 104 valence electrons. The van der Waals surface area contributed by atoms with Crippen LogP contribution in [0.4, 0.5) is 0 Å². The van der Waals surface area contributed by atoms with Crippen molar-refractivity contribution in [3.63, 3.8) is 0 Å².